The molecule has 3 amide bonds. The van der Waals surface area contributed by atoms with Gasteiger partial charge < -0.3 is 15.5 Å². The Hall–Kier alpha value is -2.82. The van der Waals surface area contributed by atoms with E-state index in [2.05, 4.69) is 10.6 Å². The average molecular weight is 325 g/mol. The fraction of sp³-hybridized carbons (Fsp3) is 0.263. The van der Waals surface area contributed by atoms with E-state index in [-0.39, 0.29) is 18.5 Å². The van der Waals surface area contributed by atoms with Gasteiger partial charge in [-0.05, 0) is 18.1 Å². The van der Waals surface area contributed by atoms with Crippen molar-refractivity contribution in [3.05, 3.63) is 71.3 Å². The lowest BCUT2D eigenvalue weighted by molar-refractivity contribution is -0.129. The number of carbonyl (C=O) groups excluding carboxylic acids is 2. The number of amides is 3. The monoisotopic (exact) mass is 325 g/mol. The Bertz CT molecular complexity index is 669. The van der Waals surface area contributed by atoms with Crippen molar-refractivity contribution in [1.29, 1.82) is 0 Å². The molecule has 2 rings (SSSR count). The van der Waals surface area contributed by atoms with Gasteiger partial charge in [-0.3, -0.25) is 4.79 Å². The van der Waals surface area contributed by atoms with Crippen molar-refractivity contribution in [3.8, 4) is 0 Å². The van der Waals surface area contributed by atoms with Gasteiger partial charge in [-0.2, -0.15) is 0 Å². The van der Waals surface area contributed by atoms with Gasteiger partial charge in [-0.25, -0.2) is 4.79 Å². The summed E-state index contributed by atoms with van der Waals surface area (Å²) in [5.41, 5.74) is 3.25. The fourth-order valence-corrected chi connectivity index (χ4v) is 2.19. The summed E-state index contributed by atoms with van der Waals surface area (Å²) < 4.78 is 0. The Morgan fingerprint density at radius 2 is 1.58 bits per heavy atom. The second-order valence-corrected chi connectivity index (χ2v) is 5.76. The van der Waals surface area contributed by atoms with E-state index < -0.39 is 0 Å². The van der Waals surface area contributed by atoms with Crippen LogP contribution in [0.5, 0.6) is 0 Å². The number of likely N-dealkylation sites (N-methyl/N-ethyl adjacent to an activating group) is 1. The molecule has 0 fully saturated rings. The van der Waals surface area contributed by atoms with Gasteiger partial charge in [0.15, 0.2) is 0 Å². The third kappa shape index (κ3) is 5.76. The van der Waals surface area contributed by atoms with Crippen molar-refractivity contribution in [2.24, 2.45) is 0 Å². The lowest BCUT2D eigenvalue weighted by atomic mass is 10.1. The first-order valence-corrected chi connectivity index (χ1v) is 7.90. The summed E-state index contributed by atoms with van der Waals surface area (Å²) in [6.45, 7) is 2.94. The van der Waals surface area contributed by atoms with E-state index in [4.69, 9.17) is 0 Å². The van der Waals surface area contributed by atoms with Crippen molar-refractivity contribution in [2.45, 2.75) is 20.0 Å². The summed E-state index contributed by atoms with van der Waals surface area (Å²) in [4.78, 5) is 25.4. The van der Waals surface area contributed by atoms with E-state index in [1.165, 1.54) is 5.56 Å². The van der Waals surface area contributed by atoms with Crippen LogP contribution in [-0.4, -0.2) is 30.4 Å². The van der Waals surface area contributed by atoms with Crippen molar-refractivity contribution in [1.82, 2.24) is 15.5 Å². The molecule has 0 aromatic heterocycles. The van der Waals surface area contributed by atoms with Crippen LogP contribution in [0.4, 0.5) is 4.79 Å². The van der Waals surface area contributed by atoms with Gasteiger partial charge in [0.2, 0.25) is 5.91 Å². The lowest BCUT2D eigenvalue weighted by Gasteiger charge is -2.17. The normalized spacial score (nSPS) is 10.1. The number of hydrogen-bond donors (Lipinski definition) is 2. The van der Waals surface area contributed by atoms with E-state index in [0.717, 1.165) is 11.1 Å². The van der Waals surface area contributed by atoms with Crippen LogP contribution in [0.3, 0.4) is 0 Å². The molecule has 0 heterocycles. The molecule has 0 saturated heterocycles. The lowest BCUT2D eigenvalue weighted by Crippen LogP contribution is -2.42. The number of hydrogen-bond acceptors (Lipinski definition) is 2. The number of rotatable bonds is 6. The average Bonchev–Trinajstić information content (AvgIpc) is 2.60. The topological polar surface area (TPSA) is 61.4 Å². The molecule has 0 aliphatic rings. The first kappa shape index (κ1) is 17.5. The zero-order chi connectivity index (χ0) is 17.4. The molecule has 0 aliphatic heterocycles. The van der Waals surface area contributed by atoms with Crippen molar-refractivity contribution >= 4 is 11.9 Å². The maximum atomic E-state index is 12.0. The van der Waals surface area contributed by atoms with E-state index in [1.807, 2.05) is 61.5 Å². The predicted molar refractivity (Wildman–Crippen MR) is 94.3 cm³/mol. The van der Waals surface area contributed by atoms with Crippen LogP contribution >= 0.6 is 0 Å². The SMILES string of the molecule is Cc1ccc(CNC(=O)NCC(=O)N(C)Cc2ccccc2)cc1. The minimum atomic E-state index is -0.350. The van der Waals surface area contributed by atoms with Crippen molar-refractivity contribution < 1.29 is 9.59 Å². The van der Waals surface area contributed by atoms with Gasteiger partial charge in [0, 0.05) is 20.1 Å². The Balaban J connectivity index is 1.70. The number of urea groups is 1. The molecule has 5 heteroatoms. The highest BCUT2D eigenvalue weighted by Gasteiger charge is 2.10. The number of aryl methyl sites for hydroxylation is 1. The minimum absolute atomic E-state index is 0.0247. The molecule has 24 heavy (non-hydrogen) atoms. The second-order valence-electron chi connectivity index (χ2n) is 5.76. The van der Waals surface area contributed by atoms with Gasteiger partial charge in [-0.1, -0.05) is 60.2 Å². The number of carbonyl (C=O) groups is 2. The van der Waals surface area contributed by atoms with E-state index in [0.29, 0.717) is 13.1 Å². The largest absolute Gasteiger partial charge is 0.340 e. The summed E-state index contributed by atoms with van der Waals surface area (Å²) in [6, 6.07) is 17.3. The zero-order valence-electron chi connectivity index (χ0n) is 14.1. The molecule has 0 atom stereocenters. The van der Waals surface area contributed by atoms with Crippen LogP contribution in [0.2, 0.25) is 0 Å². The van der Waals surface area contributed by atoms with Crippen LogP contribution in [0.1, 0.15) is 16.7 Å². The van der Waals surface area contributed by atoms with Crippen LogP contribution in [0, 0.1) is 6.92 Å². The highest BCUT2D eigenvalue weighted by atomic mass is 16.2. The molecule has 2 aromatic carbocycles. The molecule has 5 nitrogen and oxygen atoms in total. The highest BCUT2D eigenvalue weighted by Crippen LogP contribution is 2.03. The third-order valence-corrected chi connectivity index (χ3v) is 3.66. The predicted octanol–water partition coefficient (Wildman–Crippen LogP) is 2.45. The zero-order valence-corrected chi connectivity index (χ0v) is 14.1. The van der Waals surface area contributed by atoms with Gasteiger partial charge in [0.1, 0.15) is 0 Å². The molecular formula is C19H23N3O2. The molecule has 0 aliphatic carbocycles. The number of benzene rings is 2. The summed E-state index contributed by atoms with van der Waals surface area (Å²) in [5.74, 6) is -0.135. The fourth-order valence-electron chi connectivity index (χ4n) is 2.19. The smallest absolute Gasteiger partial charge is 0.315 e. The summed E-state index contributed by atoms with van der Waals surface area (Å²) in [6.07, 6.45) is 0. The summed E-state index contributed by atoms with van der Waals surface area (Å²) in [5, 5.41) is 5.33. The van der Waals surface area contributed by atoms with Gasteiger partial charge in [0.05, 0.1) is 6.54 Å². The Morgan fingerprint density at radius 3 is 2.25 bits per heavy atom. The maximum Gasteiger partial charge on any atom is 0.315 e. The van der Waals surface area contributed by atoms with E-state index in [1.54, 1.807) is 11.9 Å². The Labute approximate surface area is 142 Å². The molecule has 2 N–H and O–H groups in total. The molecule has 0 saturated carbocycles. The van der Waals surface area contributed by atoms with E-state index in [9.17, 15) is 9.59 Å². The molecular weight excluding hydrogens is 302 g/mol. The Morgan fingerprint density at radius 1 is 0.917 bits per heavy atom. The molecule has 0 bridgehead atoms. The first-order valence-electron chi connectivity index (χ1n) is 7.90. The summed E-state index contributed by atoms with van der Waals surface area (Å²) >= 11 is 0. The third-order valence-electron chi connectivity index (χ3n) is 3.66. The number of nitrogens with zero attached hydrogens (tertiary/aromatic N) is 1. The van der Waals surface area contributed by atoms with Crippen molar-refractivity contribution in [3.63, 3.8) is 0 Å². The van der Waals surface area contributed by atoms with E-state index >= 15 is 0 Å². The molecule has 0 unspecified atom stereocenters. The van der Waals surface area contributed by atoms with Gasteiger partial charge in [-0.15, -0.1) is 0 Å². The van der Waals surface area contributed by atoms with Gasteiger partial charge in [0.25, 0.3) is 0 Å². The van der Waals surface area contributed by atoms with Gasteiger partial charge >= 0.3 is 6.03 Å². The molecule has 0 radical (unpaired) electrons. The van der Waals surface area contributed by atoms with Crippen LogP contribution < -0.4 is 10.6 Å². The maximum absolute atomic E-state index is 12.0. The molecule has 126 valence electrons. The summed E-state index contributed by atoms with van der Waals surface area (Å²) in [7, 11) is 1.72. The first-order chi connectivity index (χ1) is 11.5. The van der Waals surface area contributed by atoms with Crippen LogP contribution in [0.15, 0.2) is 54.6 Å². The van der Waals surface area contributed by atoms with Crippen LogP contribution in [-0.2, 0) is 17.9 Å². The van der Waals surface area contributed by atoms with Crippen LogP contribution in [0.25, 0.3) is 0 Å². The second kappa shape index (κ2) is 8.72. The molecule has 2 aromatic rings. The highest BCUT2D eigenvalue weighted by molar-refractivity contribution is 5.83. The standard InChI is InChI=1S/C19H23N3O2/c1-15-8-10-16(11-9-15)12-20-19(24)21-13-18(23)22(2)14-17-6-4-3-5-7-17/h3-11H,12-14H2,1-2H3,(H2,20,21,24). The quantitative estimate of drug-likeness (QED) is 0.857. The Kier molecular flexibility index (Phi) is 6.37. The molecule has 0 spiro atoms. The minimum Gasteiger partial charge on any atom is -0.340 e. The number of nitrogens with one attached hydrogen (secondary N) is 2. The van der Waals surface area contributed by atoms with Crippen molar-refractivity contribution in [2.75, 3.05) is 13.6 Å².